The first kappa shape index (κ1) is 16.4. The maximum atomic E-state index is 10.6. The van der Waals surface area contributed by atoms with Gasteiger partial charge in [-0.05, 0) is 37.0 Å². The molecule has 106 valence electrons. The van der Waals surface area contributed by atoms with Crippen molar-refractivity contribution in [3.8, 4) is 0 Å². The molecule has 2 heterocycles. The maximum absolute atomic E-state index is 10.6. The lowest BCUT2D eigenvalue weighted by Crippen LogP contribution is -1.94. The molecule has 0 amide bonds. The average Bonchev–Trinajstić information content (AvgIpc) is 2.40. The zero-order valence-electron chi connectivity index (χ0n) is 10.8. The number of nitrogens with zero attached hydrogens (tertiary/aromatic N) is 4. The van der Waals surface area contributed by atoms with Crippen LogP contribution in [-0.2, 0) is 0 Å². The monoisotopic (exact) mass is 314 g/mol. The standard InChI is InChI=1S/C6H7ClN2O.C6H5ClN2O/c2*1-4(10)5-2-8-6(7)9-3-5/h2-4,10H,1H3;2-3H,1H3. The zero-order chi connectivity index (χ0) is 15.1. The molecule has 1 atom stereocenters. The number of aliphatic hydroxyl groups excluding tert-OH is 1. The van der Waals surface area contributed by atoms with Crippen molar-refractivity contribution in [1.29, 1.82) is 0 Å². The molecule has 0 saturated carbocycles. The Morgan fingerprint density at radius 1 is 1.05 bits per heavy atom. The molecule has 6 nitrogen and oxygen atoms in total. The lowest BCUT2D eigenvalue weighted by atomic mass is 10.2. The lowest BCUT2D eigenvalue weighted by molar-refractivity contribution is 0.101. The van der Waals surface area contributed by atoms with E-state index in [9.17, 15) is 4.79 Å². The van der Waals surface area contributed by atoms with Crippen molar-refractivity contribution in [1.82, 2.24) is 19.9 Å². The Bertz CT molecular complexity index is 559. The number of rotatable bonds is 2. The highest BCUT2D eigenvalue weighted by Crippen LogP contribution is 2.09. The smallest absolute Gasteiger partial charge is 0.222 e. The number of carbonyl (C=O) groups excluding carboxylic acids is 1. The van der Waals surface area contributed by atoms with E-state index in [-0.39, 0.29) is 16.4 Å². The molecule has 2 rings (SSSR count). The first-order valence-electron chi connectivity index (χ1n) is 5.54. The fourth-order valence-corrected chi connectivity index (χ4v) is 1.23. The van der Waals surface area contributed by atoms with Gasteiger partial charge in [-0.25, -0.2) is 19.9 Å². The zero-order valence-corrected chi connectivity index (χ0v) is 12.3. The van der Waals surface area contributed by atoms with Gasteiger partial charge < -0.3 is 5.11 Å². The number of hydrogen-bond acceptors (Lipinski definition) is 6. The first-order chi connectivity index (χ1) is 9.40. The summed E-state index contributed by atoms with van der Waals surface area (Å²) in [7, 11) is 0. The molecule has 0 spiro atoms. The molecule has 0 radical (unpaired) electrons. The van der Waals surface area contributed by atoms with Gasteiger partial charge in [0.15, 0.2) is 5.78 Å². The second-order valence-corrected chi connectivity index (χ2v) is 4.43. The summed E-state index contributed by atoms with van der Waals surface area (Å²) in [5.41, 5.74) is 1.15. The van der Waals surface area contributed by atoms with Crippen LogP contribution in [0.25, 0.3) is 0 Å². The molecule has 2 aromatic heterocycles. The second kappa shape index (κ2) is 7.84. The second-order valence-electron chi connectivity index (χ2n) is 3.76. The minimum absolute atomic E-state index is 0.0586. The van der Waals surface area contributed by atoms with E-state index < -0.39 is 6.10 Å². The minimum Gasteiger partial charge on any atom is -0.389 e. The highest BCUT2D eigenvalue weighted by Gasteiger charge is 2.00. The van der Waals surface area contributed by atoms with Crippen LogP contribution in [0.15, 0.2) is 24.8 Å². The molecular weight excluding hydrogens is 303 g/mol. The highest BCUT2D eigenvalue weighted by atomic mass is 35.5. The third-order valence-electron chi connectivity index (χ3n) is 2.15. The predicted octanol–water partition coefficient (Wildman–Crippen LogP) is 2.52. The topological polar surface area (TPSA) is 88.9 Å². The molecule has 0 aliphatic rings. The van der Waals surface area contributed by atoms with Gasteiger partial charge in [-0.3, -0.25) is 4.79 Å². The van der Waals surface area contributed by atoms with Crippen LogP contribution < -0.4 is 0 Å². The quantitative estimate of drug-likeness (QED) is 0.676. The summed E-state index contributed by atoms with van der Waals surface area (Å²) in [6, 6.07) is 0. The van der Waals surface area contributed by atoms with Crippen LogP contribution in [-0.4, -0.2) is 30.8 Å². The summed E-state index contributed by atoms with van der Waals surface area (Å²) >= 11 is 10.8. The van der Waals surface area contributed by atoms with Gasteiger partial charge in [-0.2, -0.15) is 0 Å². The van der Waals surface area contributed by atoms with Gasteiger partial charge in [0.2, 0.25) is 10.6 Å². The summed E-state index contributed by atoms with van der Waals surface area (Å²) in [6.45, 7) is 3.10. The lowest BCUT2D eigenvalue weighted by Gasteiger charge is -2.00. The Morgan fingerprint density at radius 2 is 1.45 bits per heavy atom. The van der Waals surface area contributed by atoms with Crippen molar-refractivity contribution < 1.29 is 9.90 Å². The van der Waals surface area contributed by atoms with Crippen molar-refractivity contribution in [2.24, 2.45) is 0 Å². The van der Waals surface area contributed by atoms with Crippen LogP contribution in [0.1, 0.15) is 35.9 Å². The van der Waals surface area contributed by atoms with E-state index in [1.807, 2.05) is 0 Å². The largest absolute Gasteiger partial charge is 0.389 e. The summed E-state index contributed by atoms with van der Waals surface area (Å²) in [6.07, 6.45) is 5.27. The van der Waals surface area contributed by atoms with Crippen molar-refractivity contribution in [2.45, 2.75) is 20.0 Å². The molecule has 2 aromatic rings. The van der Waals surface area contributed by atoms with Crippen LogP contribution >= 0.6 is 23.2 Å². The summed E-state index contributed by atoms with van der Waals surface area (Å²) < 4.78 is 0. The Kier molecular flexibility index (Phi) is 6.44. The van der Waals surface area contributed by atoms with Gasteiger partial charge >= 0.3 is 0 Å². The van der Waals surface area contributed by atoms with Crippen LogP contribution in [0.5, 0.6) is 0 Å². The van der Waals surface area contributed by atoms with Crippen molar-refractivity contribution in [3.05, 3.63) is 46.5 Å². The van der Waals surface area contributed by atoms with Crippen LogP contribution in [0.2, 0.25) is 10.6 Å². The molecule has 20 heavy (non-hydrogen) atoms. The third kappa shape index (κ3) is 5.56. The fraction of sp³-hybridized carbons (Fsp3) is 0.250. The van der Waals surface area contributed by atoms with Crippen LogP contribution in [0.4, 0.5) is 0 Å². The summed E-state index contributed by atoms with van der Waals surface area (Å²) in [5, 5.41) is 9.35. The predicted molar refractivity (Wildman–Crippen MR) is 74.7 cm³/mol. The van der Waals surface area contributed by atoms with E-state index in [4.69, 9.17) is 28.3 Å². The van der Waals surface area contributed by atoms with E-state index in [0.717, 1.165) is 0 Å². The molecule has 1 unspecified atom stereocenters. The summed E-state index contributed by atoms with van der Waals surface area (Å²) in [4.78, 5) is 25.3. The first-order valence-corrected chi connectivity index (χ1v) is 6.29. The Labute approximate surface area is 125 Å². The normalized spacial score (nSPS) is 11.2. The van der Waals surface area contributed by atoms with Crippen LogP contribution in [0, 0.1) is 0 Å². The molecule has 8 heteroatoms. The van der Waals surface area contributed by atoms with Crippen molar-refractivity contribution in [2.75, 3.05) is 0 Å². The Morgan fingerprint density at radius 3 is 1.80 bits per heavy atom. The highest BCUT2D eigenvalue weighted by molar-refractivity contribution is 6.28. The molecule has 0 aliphatic carbocycles. The van der Waals surface area contributed by atoms with Gasteiger partial charge in [0.05, 0.1) is 11.7 Å². The van der Waals surface area contributed by atoms with Crippen LogP contribution in [0.3, 0.4) is 0 Å². The number of ketones is 1. The molecule has 0 aliphatic heterocycles. The summed E-state index contributed by atoms with van der Waals surface area (Å²) in [5.74, 6) is -0.0586. The molecule has 0 aromatic carbocycles. The molecule has 0 fully saturated rings. The van der Waals surface area contributed by atoms with Gasteiger partial charge in [0.25, 0.3) is 0 Å². The molecular formula is C12H12Cl2N4O2. The Hall–Kier alpha value is -1.63. The number of carbonyl (C=O) groups is 1. The molecule has 0 bridgehead atoms. The average molecular weight is 315 g/mol. The fourth-order valence-electron chi connectivity index (χ4n) is 1.03. The van der Waals surface area contributed by atoms with E-state index in [2.05, 4.69) is 19.9 Å². The van der Waals surface area contributed by atoms with E-state index >= 15 is 0 Å². The number of hydrogen-bond donors (Lipinski definition) is 1. The number of halogens is 2. The van der Waals surface area contributed by atoms with Gasteiger partial charge in [-0.1, -0.05) is 0 Å². The van der Waals surface area contributed by atoms with E-state index in [1.54, 1.807) is 6.92 Å². The van der Waals surface area contributed by atoms with Gasteiger partial charge in [0.1, 0.15) is 0 Å². The number of Topliss-reactive ketones (excluding diaryl/α,β-unsaturated/α-hetero) is 1. The SMILES string of the molecule is CC(=O)c1cnc(Cl)nc1.CC(O)c1cnc(Cl)nc1. The van der Waals surface area contributed by atoms with E-state index in [0.29, 0.717) is 11.1 Å². The minimum atomic E-state index is -0.530. The van der Waals surface area contributed by atoms with Crippen molar-refractivity contribution in [3.63, 3.8) is 0 Å². The van der Waals surface area contributed by atoms with Gasteiger partial charge in [0, 0.05) is 30.4 Å². The molecule has 0 saturated heterocycles. The molecule has 1 N–H and O–H groups in total. The number of aromatic nitrogens is 4. The van der Waals surface area contributed by atoms with E-state index in [1.165, 1.54) is 31.7 Å². The maximum Gasteiger partial charge on any atom is 0.222 e. The number of aliphatic hydroxyl groups is 1. The Balaban J connectivity index is 0.000000200. The van der Waals surface area contributed by atoms with Crippen molar-refractivity contribution >= 4 is 29.0 Å². The third-order valence-corrected chi connectivity index (χ3v) is 2.54. The van der Waals surface area contributed by atoms with Gasteiger partial charge in [-0.15, -0.1) is 0 Å².